The predicted molar refractivity (Wildman–Crippen MR) is 141 cm³/mol. The summed E-state index contributed by atoms with van der Waals surface area (Å²) >= 11 is 12.3. The third kappa shape index (κ3) is 6.99. The summed E-state index contributed by atoms with van der Waals surface area (Å²) in [7, 11) is 0. The maximum Gasteiger partial charge on any atom is 0.256 e. The first-order valence-corrected chi connectivity index (χ1v) is 12.1. The van der Waals surface area contributed by atoms with Crippen molar-refractivity contribution in [2.45, 2.75) is 46.1 Å². The average Bonchev–Trinajstić information content (AvgIpc) is 2.78. The van der Waals surface area contributed by atoms with Gasteiger partial charge in [-0.3, -0.25) is 4.79 Å². The SMILES string of the molecule is CCNc1ccc(Cl)cc1C(=O)N(CCc1ccc(Cl)cc1)Cc1ccc(C(C)(C)C)cc1. The molecule has 0 unspecified atom stereocenters. The van der Waals surface area contributed by atoms with Crippen molar-refractivity contribution in [3.05, 3.63) is 99.0 Å². The Kier molecular flexibility index (Phi) is 8.45. The van der Waals surface area contributed by atoms with E-state index >= 15 is 0 Å². The number of carbonyl (C=O) groups excluding carboxylic acids is 1. The number of hydrogen-bond acceptors (Lipinski definition) is 2. The highest BCUT2D eigenvalue weighted by Crippen LogP contribution is 2.25. The van der Waals surface area contributed by atoms with Crippen molar-refractivity contribution in [1.29, 1.82) is 0 Å². The summed E-state index contributed by atoms with van der Waals surface area (Å²) in [4.78, 5) is 15.6. The van der Waals surface area contributed by atoms with E-state index in [1.807, 2.05) is 42.2 Å². The Labute approximate surface area is 207 Å². The molecule has 5 heteroatoms. The number of carbonyl (C=O) groups is 1. The van der Waals surface area contributed by atoms with Gasteiger partial charge in [0.25, 0.3) is 5.91 Å². The molecule has 0 aliphatic carbocycles. The second-order valence-corrected chi connectivity index (χ2v) is 10.1. The third-order valence-corrected chi connectivity index (χ3v) is 6.13. The van der Waals surface area contributed by atoms with Crippen LogP contribution in [0, 0.1) is 0 Å². The molecule has 0 radical (unpaired) electrons. The smallest absolute Gasteiger partial charge is 0.256 e. The summed E-state index contributed by atoms with van der Waals surface area (Å²) in [5.41, 5.74) is 4.98. The lowest BCUT2D eigenvalue weighted by atomic mass is 9.87. The molecule has 0 aliphatic rings. The molecule has 3 rings (SSSR count). The molecule has 0 bridgehead atoms. The van der Waals surface area contributed by atoms with Gasteiger partial charge in [-0.05, 0) is 65.8 Å². The summed E-state index contributed by atoms with van der Waals surface area (Å²) in [5, 5.41) is 4.54. The molecule has 0 aliphatic heterocycles. The van der Waals surface area contributed by atoms with Gasteiger partial charge in [0, 0.05) is 35.4 Å². The molecule has 3 aromatic rings. The maximum absolute atomic E-state index is 13.7. The van der Waals surface area contributed by atoms with E-state index in [1.165, 1.54) is 5.56 Å². The number of nitrogens with one attached hydrogen (secondary N) is 1. The molecule has 0 heterocycles. The van der Waals surface area contributed by atoms with E-state index < -0.39 is 0 Å². The van der Waals surface area contributed by atoms with Crippen LogP contribution in [0.2, 0.25) is 10.0 Å². The second-order valence-electron chi connectivity index (χ2n) is 9.27. The number of nitrogens with zero attached hydrogens (tertiary/aromatic N) is 1. The Bertz CT molecular complexity index is 1070. The fraction of sp³-hybridized carbons (Fsp3) is 0.321. The van der Waals surface area contributed by atoms with Gasteiger partial charge in [0.05, 0.1) is 5.56 Å². The zero-order chi connectivity index (χ0) is 24.0. The highest BCUT2D eigenvalue weighted by molar-refractivity contribution is 6.31. The zero-order valence-electron chi connectivity index (χ0n) is 19.8. The van der Waals surface area contributed by atoms with Crippen LogP contribution in [0.5, 0.6) is 0 Å². The quantitative estimate of drug-likeness (QED) is 0.358. The van der Waals surface area contributed by atoms with E-state index in [1.54, 1.807) is 12.1 Å². The van der Waals surface area contributed by atoms with Crippen LogP contribution in [0.25, 0.3) is 0 Å². The molecule has 3 nitrogen and oxygen atoms in total. The van der Waals surface area contributed by atoms with E-state index in [0.29, 0.717) is 28.7 Å². The van der Waals surface area contributed by atoms with Gasteiger partial charge in [0.15, 0.2) is 0 Å². The minimum atomic E-state index is -0.0395. The molecule has 3 aromatic carbocycles. The van der Waals surface area contributed by atoms with Crippen LogP contribution in [0.3, 0.4) is 0 Å². The van der Waals surface area contributed by atoms with Crippen molar-refractivity contribution in [1.82, 2.24) is 4.90 Å². The van der Waals surface area contributed by atoms with E-state index in [0.717, 1.165) is 29.8 Å². The van der Waals surface area contributed by atoms with Crippen LogP contribution in [0.1, 0.15) is 54.7 Å². The van der Waals surface area contributed by atoms with Crippen molar-refractivity contribution >= 4 is 34.8 Å². The van der Waals surface area contributed by atoms with Crippen molar-refractivity contribution in [3.8, 4) is 0 Å². The molecule has 0 atom stereocenters. The first-order chi connectivity index (χ1) is 15.7. The average molecular weight is 483 g/mol. The molecular weight excluding hydrogens is 451 g/mol. The van der Waals surface area contributed by atoms with E-state index in [4.69, 9.17) is 23.2 Å². The summed E-state index contributed by atoms with van der Waals surface area (Å²) in [6.07, 6.45) is 0.736. The Morgan fingerprint density at radius 2 is 1.48 bits per heavy atom. The molecule has 33 heavy (non-hydrogen) atoms. The Morgan fingerprint density at radius 3 is 2.09 bits per heavy atom. The van der Waals surface area contributed by atoms with Crippen LogP contribution < -0.4 is 5.32 Å². The molecular formula is C28H32Cl2N2O. The molecule has 0 spiro atoms. The van der Waals surface area contributed by atoms with Crippen LogP contribution in [0.4, 0.5) is 5.69 Å². The van der Waals surface area contributed by atoms with Gasteiger partial charge >= 0.3 is 0 Å². The maximum atomic E-state index is 13.7. The number of benzene rings is 3. The Morgan fingerprint density at radius 1 is 0.879 bits per heavy atom. The van der Waals surface area contributed by atoms with Crippen molar-refractivity contribution in [3.63, 3.8) is 0 Å². The highest BCUT2D eigenvalue weighted by Gasteiger charge is 2.20. The normalized spacial score (nSPS) is 11.3. The minimum Gasteiger partial charge on any atom is -0.385 e. The zero-order valence-corrected chi connectivity index (χ0v) is 21.3. The van der Waals surface area contributed by atoms with Gasteiger partial charge in [-0.1, -0.05) is 80.4 Å². The standard InChI is InChI=1S/C28H32Cl2N2O/c1-5-31-26-15-14-24(30)18-25(26)27(33)32(17-16-20-8-12-23(29)13-9-20)19-21-6-10-22(11-7-21)28(2,3)4/h6-15,18,31H,5,16-17,19H2,1-4H3. The Hall–Kier alpha value is -2.49. The summed E-state index contributed by atoms with van der Waals surface area (Å²) in [6.45, 7) is 10.4. The summed E-state index contributed by atoms with van der Waals surface area (Å²) in [6, 6.07) is 21.7. The van der Waals surface area contributed by atoms with Crippen LogP contribution in [-0.4, -0.2) is 23.9 Å². The van der Waals surface area contributed by atoms with Gasteiger partial charge in [-0.25, -0.2) is 0 Å². The van der Waals surface area contributed by atoms with Crippen molar-refractivity contribution < 1.29 is 4.79 Å². The fourth-order valence-electron chi connectivity index (χ4n) is 3.71. The number of halogens is 2. The van der Waals surface area contributed by atoms with Crippen LogP contribution in [-0.2, 0) is 18.4 Å². The second kappa shape index (κ2) is 11.1. The number of anilines is 1. The van der Waals surface area contributed by atoms with Crippen LogP contribution >= 0.6 is 23.2 Å². The number of hydrogen-bond donors (Lipinski definition) is 1. The van der Waals surface area contributed by atoms with Crippen molar-refractivity contribution in [2.24, 2.45) is 0 Å². The topological polar surface area (TPSA) is 32.3 Å². The number of rotatable bonds is 8. The molecule has 0 saturated heterocycles. The molecule has 1 N–H and O–H groups in total. The molecule has 0 aromatic heterocycles. The highest BCUT2D eigenvalue weighted by atomic mass is 35.5. The van der Waals surface area contributed by atoms with E-state index in [-0.39, 0.29) is 11.3 Å². The fourth-order valence-corrected chi connectivity index (χ4v) is 4.00. The Balaban J connectivity index is 1.88. The molecule has 1 amide bonds. The molecule has 174 valence electrons. The van der Waals surface area contributed by atoms with Crippen molar-refractivity contribution in [2.75, 3.05) is 18.4 Å². The van der Waals surface area contributed by atoms with E-state index in [2.05, 4.69) is 50.4 Å². The first kappa shape index (κ1) is 25.1. The van der Waals surface area contributed by atoms with Gasteiger partial charge in [0.2, 0.25) is 0 Å². The third-order valence-electron chi connectivity index (χ3n) is 5.64. The lowest BCUT2D eigenvalue weighted by Gasteiger charge is -2.25. The largest absolute Gasteiger partial charge is 0.385 e. The predicted octanol–water partition coefficient (Wildman–Crippen LogP) is 7.61. The van der Waals surface area contributed by atoms with Gasteiger partial charge in [0.1, 0.15) is 0 Å². The molecule has 0 fully saturated rings. The number of amides is 1. The summed E-state index contributed by atoms with van der Waals surface area (Å²) in [5.74, 6) is -0.0395. The first-order valence-electron chi connectivity index (χ1n) is 11.3. The van der Waals surface area contributed by atoms with Crippen LogP contribution in [0.15, 0.2) is 66.7 Å². The lowest BCUT2D eigenvalue weighted by molar-refractivity contribution is 0.0746. The monoisotopic (exact) mass is 482 g/mol. The molecule has 0 saturated carbocycles. The minimum absolute atomic E-state index is 0.0395. The summed E-state index contributed by atoms with van der Waals surface area (Å²) < 4.78 is 0. The van der Waals surface area contributed by atoms with Gasteiger partial charge in [-0.15, -0.1) is 0 Å². The van der Waals surface area contributed by atoms with Gasteiger partial charge in [-0.2, -0.15) is 0 Å². The van der Waals surface area contributed by atoms with Gasteiger partial charge < -0.3 is 10.2 Å². The van der Waals surface area contributed by atoms with E-state index in [9.17, 15) is 4.79 Å². The lowest BCUT2D eigenvalue weighted by Crippen LogP contribution is -2.33.